The molecule has 1 aromatic rings. The average Bonchev–Trinajstić information content (AvgIpc) is 3.23. The van der Waals surface area contributed by atoms with Crippen molar-refractivity contribution in [3.63, 3.8) is 0 Å². The molecule has 3 nitrogen and oxygen atoms in total. The van der Waals surface area contributed by atoms with Crippen LogP contribution in [0.4, 0.5) is 4.39 Å². The summed E-state index contributed by atoms with van der Waals surface area (Å²) in [6.45, 7) is 6.56. The normalized spacial score (nSPS) is 27.6. The zero-order valence-corrected chi connectivity index (χ0v) is 14.3. The third-order valence-electron chi connectivity index (χ3n) is 4.35. The van der Waals surface area contributed by atoms with Crippen LogP contribution >= 0.6 is 11.8 Å². The molecule has 2 aliphatic rings. The largest absolute Gasteiger partial charge is 0.353 e. The molecular weight excluding hydrogens is 297 g/mol. The molecule has 0 aromatic heterocycles. The minimum atomic E-state index is -0.0951. The van der Waals surface area contributed by atoms with E-state index >= 15 is 0 Å². The maximum atomic E-state index is 13.9. The Morgan fingerprint density at radius 2 is 2.18 bits per heavy atom. The zero-order chi connectivity index (χ0) is 15.7. The second-order valence-electron chi connectivity index (χ2n) is 6.69. The van der Waals surface area contributed by atoms with Gasteiger partial charge in [-0.1, -0.05) is 18.2 Å². The van der Waals surface area contributed by atoms with E-state index in [0.29, 0.717) is 6.04 Å². The Bertz CT molecular complexity index is 573. The Morgan fingerprint density at radius 3 is 2.86 bits per heavy atom. The van der Waals surface area contributed by atoms with Crippen LogP contribution in [-0.4, -0.2) is 47.5 Å². The maximum Gasteiger partial charge on any atom is 0.193 e. The van der Waals surface area contributed by atoms with Crippen LogP contribution in [0.1, 0.15) is 31.7 Å². The molecule has 1 aliphatic heterocycles. The highest BCUT2D eigenvalue weighted by atomic mass is 32.2. The van der Waals surface area contributed by atoms with Gasteiger partial charge in [0, 0.05) is 42.6 Å². The van der Waals surface area contributed by atoms with Crippen molar-refractivity contribution in [2.45, 2.75) is 37.0 Å². The van der Waals surface area contributed by atoms with Gasteiger partial charge in [0.2, 0.25) is 0 Å². The molecule has 1 heterocycles. The van der Waals surface area contributed by atoms with Crippen molar-refractivity contribution in [1.29, 1.82) is 0 Å². The Morgan fingerprint density at radius 1 is 1.41 bits per heavy atom. The summed E-state index contributed by atoms with van der Waals surface area (Å²) in [6, 6.07) is 7.39. The molecule has 1 aliphatic carbocycles. The molecule has 1 N–H and O–H groups in total. The third kappa shape index (κ3) is 3.40. The van der Waals surface area contributed by atoms with Crippen LogP contribution in [-0.2, 0) is 0 Å². The summed E-state index contributed by atoms with van der Waals surface area (Å²) in [5, 5.41) is 3.52. The molecule has 0 amide bonds. The number of nitrogens with zero attached hydrogens (tertiary/aromatic N) is 2. The third-order valence-corrected chi connectivity index (χ3v) is 5.64. The van der Waals surface area contributed by atoms with Gasteiger partial charge in [0.1, 0.15) is 5.82 Å². The van der Waals surface area contributed by atoms with Crippen LogP contribution in [0, 0.1) is 5.82 Å². The van der Waals surface area contributed by atoms with Crippen LogP contribution < -0.4 is 5.32 Å². The quantitative estimate of drug-likeness (QED) is 0.670. The van der Waals surface area contributed by atoms with E-state index in [0.717, 1.165) is 36.8 Å². The van der Waals surface area contributed by atoms with Crippen LogP contribution in [0.15, 0.2) is 29.3 Å². The number of hydrogen-bond acceptors (Lipinski definition) is 2. The van der Waals surface area contributed by atoms with Crippen molar-refractivity contribution < 1.29 is 4.39 Å². The summed E-state index contributed by atoms with van der Waals surface area (Å²) in [4.78, 5) is 6.76. The fourth-order valence-electron chi connectivity index (χ4n) is 3.13. The topological polar surface area (TPSA) is 27.6 Å². The second-order valence-corrected chi connectivity index (χ2v) is 8.49. The zero-order valence-electron chi connectivity index (χ0n) is 13.5. The summed E-state index contributed by atoms with van der Waals surface area (Å²) in [7, 11) is 1.83. The first-order valence-electron chi connectivity index (χ1n) is 7.87. The average molecular weight is 321 g/mol. The van der Waals surface area contributed by atoms with Crippen LogP contribution in [0.5, 0.6) is 0 Å². The lowest BCUT2D eigenvalue weighted by atomic mass is 10.1. The van der Waals surface area contributed by atoms with Gasteiger partial charge in [-0.2, -0.15) is 11.8 Å². The van der Waals surface area contributed by atoms with Gasteiger partial charge >= 0.3 is 0 Å². The number of rotatable bonds is 2. The maximum absolute atomic E-state index is 13.9. The molecule has 2 fully saturated rings. The van der Waals surface area contributed by atoms with Crippen molar-refractivity contribution in [3.05, 3.63) is 35.6 Å². The number of guanidine groups is 1. The molecule has 22 heavy (non-hydrogen) atoms. The van der Waals surface area contributed by atoms with Gasteiger partial charge in [0.05, 0.1) is 0 Å². The van der Waals surface area contributed by atoms with Crippen molar-refractivity contribution in [3.8, 4) is 0 Å². The fourth-order valence-corrected chi connectivity index (χ4v) is 4.25. The Hall–Kier alpha value is -1.23. The molecular formula is C17H24FN3S. The predicted octanol–water partition coefficient (Wildman–Crippen LogP) is 3.08. The van der Waals surface area contributed by atoms with Gasteiger partial charge in [0.25, 0.3) is 0 Å². The van der Waals surface area contributed by atoms with Gasteiger partial charge in [-0.15, -0.1) is 0 Å². The molecule has 1 aromatic carbocycles. The highest BCUT2D eigenvalue weighted by Gasteiger charge is 2.41. The number of benzene rings is 1. The molecule has 0 radical (unpaired) electrons. The Labute approximate surface area is 136 Å². The first kappa shape index (κ1) is 15.7. The Balaban J connectivity index is 1.62. The highest BCUT2D eigenvalue weighted by Crippen LogP contribution is 2.42. The first-order chi connectivity index (χ1) is 10.5. The summed E-state index contributed by atoms with van der Waals surface area (Å²) in [5.74, 6) is 2.25. The monoisotopic (exact) mass is 321 g/mol. The molecule has 1 saturated heterocycles. The molecule has 5 heteroatoms. The predicted molar refractivity (Wildman–Crippen MR) is 92.2 cm³/mol. The Kier molecular flexibility index (Phi) is 4.35. The van der Waals surface area contributed by atoms with Crippen molar-refractivity contribution in [1.82, 2.24) is 10.2 Å². The number of hydrogen-bond donors (Lipinski definition) is 1. The molecule has 2 unspecified atom stereocenters. The molecule has 0 spiro atoms. The number of halogens is 1. The lowest BCUT2D eigenvalue weighted by Gasteiger charge is -2.39. The molecule has 120 valence electrons. The van der Waals surface area contributed by atoms with E-state index in [9.17, 15) is 4.39 Å². The molecule has 3 rings (SSSR count). The van der Waals surface area contributed by atoms with E-state index in [1.54, 1.807) is 12.1 Å². The summed E-state index contributed by atoms with van der Waals surface area (Å²) >= 11 is 2.01. The van der Waals surface area contributed by atoms with Gasteiger partial charge in [-0.05, 0) is 31.9 Å². The van der Waals surface area contributed by atoms with Crippen LogP contribution in [0.2, 0.25) is 0 Å². The molecule has 2 atom stereocenters. The van der Waals surface area contributed by atoms with Gasteiger partial charge < -0.3 is 10.2 Å². The number of aliphatic imine (C=N–C) groups is 1. The van der Waals surface area contributed by atoms with Gasteiger partial charge in [0.15, 0.2) is 5.96 Å². The number of nitrogens with one attached hydrogen (secondary N) is 1. The lowest BCUT2D eigenvalue weighted by Crippen LogP contribution is -2.51. The van der Waals surface area contributed by atoms with E-state index in [1.165, 1.54) is 0 Å². The molecule has 0 bridgehead atoms. The van der Waals surface area contributed by atoms with Crippen molar-refractivity contribution >= 4 is 17.7 Å². The summed E-state index contributed by atoms with van der Waals surface area (Å²) in [6.07, 6.45) is 0.978. The SMILES string of the molecule is CN=C(NC1CC1c1ccccc1F)N1CCSC(C)(C)C1. The molecule has 1 saturated carbocycles. The van der Waals surface area contributed by atoms with E-state index in [1.807, 2.05) is 30.9 Å². The summed E-state index contributed by atoms with van der Waals surface area (Å²) in [5.41, 5.74) is 0.824. The second kappa shape index (κ2) is 6.11. The van der Waals surface area contributed by atoms with E-state index in [-0.39, 0.29) is 16.5 Å². The van der Waals surface area contributed by atoms with Crippen LogP contribution in [0.3, 0.4) is 0 Å². The summed E-state index contributed by atoms with van der Waals surface area (Å²) < 4.78 is 14.1. The first-order valence-corrected chi connectivity index (χ1v) is 8.85. The fraction of sp³-hybridized carbons (Fsp3) is 0.588. The number of thioether (sulfide) groups is 1. The smallest absolute Gasteiger partial charge is 0.193 e. The minimum absolute atomic E-state index is 0.0951. The van der Waals surface area contributed by atoms with Crippen molar-refractivity contribution in [2.24, 2.45) is 4.99 Å². The minimum Gasteiger partial charge on any atom is -0.353 e. The standard InChI is InChI=1S/C17H24FN3S/c1-17(2)11-21(8-9-22-17)16(19-3)20-15-10-13(15)12-6-4-5-7-14(12)18/h4-7,13,15H,8-11H2,1-3H3,(H,19,20). The lowest BCUT2D eigenvalue weighted by molar-refractivity contribution is 0.375. The highest BCUT2D eigenvalue weighted by molar-refractivity contribution is 8.00. The van der Waals surface area contributed by atoms with Gasteiger partial charge in [-0.25, -0.2) is 4.39 Å². The van der Waals surface area contributed by atoms with Gasteiger partial charge in [-0.3, -0.25) is 4.99 Å². The van der Waals surface area contributed by atoms with E-state index in [4.69, 9.17) is 0 Å². The van der Waals surface area contributed by atoms with E-state index in [2.05, 4.69) is 29.1 Å². The van der Waals surface area contributed by atoms with Crippen LogP contribution in [0.25, 0.3) is 0 Å². The van der Waals surface area contributed by atoms with E-state index < -0.39 is 0 Å². The van der Waals surface area contributed by atoms with Crippen molar-refractivity contribution in [2.75, 3.05) is 25.9 Å².